The Bertz CT molecular complexity index is 1210. The summed E-state index contributed by atoms with van der Waals surface area (Å²) in [4.78, 5) is 48.5. The van der Waals surface area contributed by atoms with Gasteiger partial charge in [-0.2, -0.15) is 0 Å². The highest BCUT2D eigenvalue weighted by Crippen LogP contribution is 2.58. The third kappa shape index (κ3) is 7.46. The number of carbonyl (C=O) groups excluding carboxylic acids is 3. The van der Waals surface area contributed by atoms with Crippen LogP contribution in [0.1, 0.15) is 75.9 Å². The van der Waals surface area contributed by atoms with Gasteiger partial charge in [-0.15, -0.1) is 11.3 Å². The minimum atomic E-state index is -0.447. The maximum Gasteiger partial charge on any atom is 0.236 e. The van der Waals surface area contributed by atoms with E-state index in [0.29, 0.717) is 13.0 Å². The van der Waals surface area contributed by atoms with Gasteiger partial charge in [0, 0.05) is 49.7 Å². The molecule has 236 valence electrons. The molecule has 1 aliphatic carbocycles. The zero-order valence-electron chi connectivity index (χ0n) is 26.3. The van der Waals surface area contributed by atoms with Gasteiger partial charge in [0.1, 0.15) is 5.01 Å². The lowest BCUT2D eigenvalue weighted by Gasteiger charge is -2.39. The average molecular weight is 612 g/mol. The molecule has 0 bridgehead atoms. The second kappa shape index (κ2) is 14.8. The largest absolute Gasteiger partial charge is 0.379 e. The first-order chi connectivity index (χ1) is 20.7. The van der Waals surface area contributed by atoms with Crippen LogP contribution in [0.2, 0.25) is 0 Å². The zero-order chi connectivity index (χ0) is 31.1. The number of methoxy groups -OCH3 is 1. The minimum absolute atomic E-state index is 0.0103. The number of thiazole rings is 1. The SMILES string of the molecule is CC[C@H](C)[C@@H](C(CC(=O)N1CCCC1C1([C@@H](C)C(=O)N[C@@H](Cc2ccccc2)c2nccs2)CC1)OC)N(C)C(=O)CN. The monoisotopic (exact) mass is 611 g/mol. The van der Waals surface area contributed by atoms with E-state index in [-0.39, 0.29) is 66.1 Å². The fraction of sp³-hybridized carbons (Fsp3) is 0.636. The Morgan fingerprint density at radius 1 is 1.23 bits per heavy atom. The molecule has 1 aromatic carbocycles. The number of carbonyl (C=O) groups is 3. The number of aromatic nitrogens is 1. The quantitative estimate of drug-likeness (QED) is 0.312. The summed E-state index contributed by atoms with van der Waals surface area (Å²) in [5, 5.41) is 6.16. The summed E-state index contributed by atoms with van der Waals surface area (Å²) in [6.07, 6.45) is 6.69. The summed E-state index contributed by atoms with van der Waals surface area (Å²) in [5.41, 5.74) is 6.58. The van der Waals surface area contributed by atoms with Gasteiger partial charge >= 0.3 is 0 Å². The third-order valence-corrected chi connectivity index (χ3v) is 10.9. The van der Waals surface area contributed by atoms with Crippen LogP contribution in [-0.2, 0) is 25.5 Å². The van der Waals surface area contributed by atoms with Crippen molar-refractivity contribution >= 4 is 29.1 Å². The lowest BCUT2D eigenvalue weighted by molar-refractivity contribution is -0.143. The third-order valence-electron chi connectivity index (χ3n) is 9.97. The van der Waals surface area contributed by atoms with Crippen LogP contribution in [0.4, 0.5) is 0 Å². The first kappa shape index (κ1) is 33.1. The Kier molecular flexibility index (Phi) is 11.4. The number of rotatable bonds is 15. The number of benzene rings is 1. The van der Waals surface area contributed by atoms with Crippen molar-refractivity contribution < 1.29 is 19.1 Å². The molecule has 1 aromatic heterocycles. The average Bonchev–Trinajstić information content (AvgIpc) is 3.38. The molecule has 2 heterocycles. The maximum absolute atomic E-state index is 13.9. The first-order valence-corrected chi connectivity index (χ1v) is 16.6. The standard InChI is InChI=1S/C33H49N5O4S/c1-6-22(2)30(37(4)29(40)21-34)26(42-5)20-28(39)38-17-10-13-27(38)33(14-15-33)23(3)31(41)36-25(32-35-16-18-43-32)19-24-11-8-7-9-12-24/h7-9,11-12,16,18,22-23,25-27,30H,6,10,13-15,17,19-21,34H2,1-5H3,(H,36,41)/t22-,23-,25-,26?,27?,30-/m0/s1. The summed E-state index contributed by atoms with van der Waals surface area (Å²) in [7, 11) is 3.36. The van der Waals surface area contributed by atoms with Gasteiger partial charge in [-0.1, -0.05) is 57.5 Å². The maximum atomic E-state index is 13.9. The van der Waals surface area contributed by atoms with Crippen LogP contribution in [0, 0.1) is 17.3 Å². The minimum Gasteiger partial charge on any atom is -0.379 e. The molecule has 9 nitrogen and oxygen atoms in total. The number of nitrogens with two attached hydrogens (primary N) is 1. The number of nitrogens with zero attached hydrogens (tertiary/aromatic N) is 3. The number of ether oxygens (including phenoxy) is 1. The van der Waals surface area contributed by atoms with Crippen LogP contribution in [0.15, 0.2) is 41.9 Å². The van der Waals surface area contributed by atoms with Gasteiger partial charge in [0.2, 0.25) is 17.7 Å². The van der Waals surface area contributed by atoms with Gasteiger partial charge in [-0.3, -0.25) is 14.4 Å². The van der Waals surface area contributed by atoms with E-state index in [1.807, 2.05) is 35.4 Å². The molecular weight excluding hydrogens is 562 g/mol. The molecule has 2 aromatic rings. The van der Waals surface area contributed by atoms with E-state index in [9.17, 15) is 14.4 Å². The summed E-state index contributed by atoms with van der Waals surface area (Å²) < 4.78 is 5.88. The van der Waals surface area contributed by atoms with Gasteiger partial charge in [0.25, 0.3) is 0 Å². The van der Waals surface area contributed by atoms with Crippen LogP contribution in [0.3, 0.4) is 0 Å². The zero-order valence-corrected chi connectivity index (χ0v) is 27.1. The Labute approximate surface area is 260 Å². The Hall–Kier alpha value is -2.82. The summed E-state index contributed by atoms with van der Waals surface area (Å²) in [6, 6.07) is 9.70. The number of likely N-dealkylation sites (tertiary alicyclic amines) is 1. The van der Waals surface area contributed by atoms with Crippen LogP contribution < -0.4 is 11.1 Å². The van der Waals surface area contributed by atoms with Crippen LogP contribution in [0.5, 0.6) is 0 Å². The fourth-order valence-corrected chi connectivity index (χ4v) is 7.75. The van der Waals surface area contributed by atoms with Gasteiger partial charge < -0.3 is 25.6 Å². The molecular formula is C33H49N5O4S. The van der Waals surface area contributed by atoms with Crippen LogP contribution >= 0.6 is 11.3 Å². The molecule has 3 amide bonds. The molecule has 43 heavy (non-hydrogen) atoms. The van der Waals surface area contributed by atoms with E-state index in [4.69, 9.17) is 10.5 Å². The Morgan fingerprint density at radius 2 is 1.95 bits per heavy atom. The molecule has 1 saturated heterocycles. The molecule has 2 aliphatic rings. The van der Waals surface area contributed by atoms with Gasteiger partial charge in [-0.25, -0.2) is 4.98 Å². The highest BCUT2D eigenvalue weighted by molar-refractivity contribution is 7.09. The predicted octanol–water partition coefficient (Wildman–Crippen LogP) is 4.19. The normalized spacial score (nSPS) is 21.0. The number of amides is 3. The van der Waals surface area contributed by atoms with Crippen LogP contribution in [0.25, 0.3) is 0 Å². The van der Waals surface area contributed by atoms with Crippen molar-refractivity contribution in [2.24, 2.45) is 23.0 Å². The molecule has 6 atom stereocenters. The molecule has 3 N–H and O–H groups in total. The van der Waals surface area contributed by atoms with E-state index in [1.54, 1.807) is 36.6 Å². The topological polar surface area (TPSA) is 118 Å². The van der Waals surface area contributed by atoms with Crippen LogP contribution in [-0.4, -0.2) is 77.9 Å². The molecule has 0 radical (unpaired) electrons. The molecule has 1 aliphatic heterocycles. The van der Waals surface area contributed by atoms with E-state index < -0.39 is 6.10 Å². The smallest absolute Gasteiger partial charge is 0.236 e. The lowest BCUT2D eigenvalue weighted by Crippen LogP contribution is -2.53. The van der Waals surface area contributed by atoms with E-state index in [1.165, 1.54) is 0 Å². The summed E-state index contributed by atoms with van der Waals surface area (Å²) in [5.74, 6) is -0.239. The molecule has 10 heteroatoms. The highest BCUT2D eigenvalue weighted by atomic mass is 32.1. The second-order valence-corrected chi connectivity index (χ2v) is 13.3. The van der Waals surface area contributed by atoms with Crippen molar-refractivity contribution in [1.82, 2.24) is 20.1 Å². The van der Waals surface area contributed by atoms with Gasteiger partial charge in [0.15, 0.2) is 0 Å². The highest BCUT2D eigenvalue weighted by Gasteiger charge is 2.59. The number of hydrogen-bond acceptors (Lipinski definition) is 7. The van der Waals surface area contributed by atoms with Crippen molar-refractivity contribution in [3.05, 3.63) is 52.5 Å². The lowest BCUT2D eigenvalue weighted by atomic mass is 9.81. The van der Waals surface area contributed by atoms with Crippen molar-refractivity contribution in [1.29, 1.82) is 0 Å². The van der Waals surface area contributed by atoms with Crippen molar-refractivity contribution in [3.63, 3.8) is 0 Å². The number of likely N-dealkylation sites (N-methyl/N-ethyl adjacent to an activating group) is 1. The van der Waals surface area contributed by atoms with Crippen molar-refractivity contribution in [2.75, 3.05) is 27.2 Å². The van der Waals surface area contributed by atoms with Gasteiger partial charge in [0.05, 0.1) is 31.2 Å². The Balaban J connectivity index is 1.47. The van der Waals surface area contributed by atoms with Gasteiger partial charge in [-0.05, 0) is 43.6 Å². The van der Waals surface area contributed by atoms with E-state index in [2.05, 4.69) is 36.3 Å². The second-order valence-electron chi connectivity index (χ2n) is 12.4. The fourth-order valence-electron chi connectivity index (χ4n) is 7.06. The number of hydrogen-bond donors (Lipinski definition) is 2. The number of nitrogens with one attached hydrogen (secondary N) is 1. The van der Waals surface area contributed by atoms with Crippen molar-refractivity contribution in [2.45, 2.75) is 89.9 Å². The summed E-state index contributed by atoms with van der Waals surface area (Å²) in [6.45, 7) is 6.77. The Morgan fingerprint density at radius 3 is 2.53 bits per heavy atom. The molecule has 2 unspecified atom stereocenters. The molecule has 0 spiro atoms. The first-order valence-electron chi connectivity index (χ1n) is 15.7. The van der Waals surface area contributed by atoms with E-state index in [0.717, 1.165) is 42.7 Å². The summed E-state index contributed by atoms with van der Waals surface area (Å²) >= 11 is 1.55. The van der Waals surface area contributed by atoms with Crippen molar-refractivity contribution in [3.8, 4) is 0 Å². The predicted molar refractivity (Wildman–Crippen MR) is 169 cm³/mol. The molecule has 4 rings (SSSR count). The molecule has 2 fully saturated rings. The van der Waals surface area contributed by atoms with E-state index >= 15 is 0 Å². The molecule has 1 saturated carbocycles.